The second-order valence-electron chi connectivity index (χ2n) is 8.16. The van der Waals surface area contributed by atoms with Gasteiger partial charge in [-0.05, 0) is 63.4 Å². The maximum Gasteiger partial charge on any atom is 0.229 e. The summed E-state index contributed by atoms with van der Waals surface area (Å²) in [4.78, 5) is 21.9. The molecular formula is C21H29N5O. The van der Waals surface area contributed by atoms with Crippen LogP contribution in [0.15, 0.2) is 30.7 Å². The van der Waals surface area contributed by atoms with Crippen molar-refractivity contribution in [2.45, 2.75) is 45.7 Å². The molecule has 6 nitrogen and oxygen atoms in total. The summed E-state index contributed by atoms with van der Waals surface area (Å²) in [6, 6.07) is 4.01. The number of hydrogen-bond donors (Lipinski definition) is 0. The number of rotatable bonds is 4. The lowest BCUT2D eigenvalue weighted by molar-refractivity contribution is -0.150. The first-order valence-corrected chi connectivity index (χ1v) is 9.95. The number of nitrogens with zero attached hydrogens (tertiary/aromatic N) is 5. The Morgan fingerprint density at radius 2 is 1.81 bits per heavy atom. The zero-order chi connectivity index (χ0) is 18.9. The molecule has 2 fully saturated rings. The largest absolute Gasteiger partial charge is 0.338 e. The Morgan fingerprint density at radius 1 is 1.07 bits per heavy atom. The van der Waals surface area contributed by atoms with Crippen LogP contribution in [0.1, 0.15) is 42.5 Å². The number of likely N-dealkylation sites (tertiary alicyclic amines) is 2. The van der Waals surface area contributed by atoms with Crippen molar-refractivity contribution < 1.29 is 4.79 Å². The summed E-state index contributed by atoms with van der Waals surface area (Å²) in [7, 11) is 1.97. The quantitative estimate of drug-likeness (QED) is 0.833. The van der Waals surface area contributed by atoms with Crippen LogP contribution in [0.5, 0.6) is 0 Å². The number of amides is 1. The van der Waals surface area contributed by atoms with E-state index in [1.165, 1.54) is 11.1 Å². The standard InChI is InChI=1S/C21H29N5O/c1-17-19(15-24(2)23-17)16-25-12-7-21(8-13-25)6-3-11-26(20(21)27)14-18-4-9-22-10-5-18/h4-5,9-10,15H,3,6-8,11-14,16H2,1-2H3. The van der Waals surface area contributed by atoms with Crippen molar-refractivity contribution in [2.75, 3.05) is 19.6 Å². The van der Waals surface area contributed by atoms with E-state index in [-0.39, 0.29) is 5.41 Å². The minimum absolute atomic E-state index is 0.147. The molecule has 4 rings (SSSR count). The molecule has 2 aliphatic rings. The Bertz CT molecular complexity index is 792. The predicted molar refractivity (Wildman–Crippen MR) is 104 cm³/mol. The maximum atomic E-state index is 13.3. The topological polar surface area (TPSA) is 54.3 Å². The lowest BCUT2D eigenvalue weighted by Crippen LogP contribution is -2.53. The number of aromatic nitrogens is 3. The highest BCUT2D eigenvalue weighted by Gasteiger charge is 2.45. The Kier molecular flexibility index (Phi) is 5.00. The summed E-state index contributed by atoms with van der Waals surface area (Å²) in [6.07, 6.45) is 9.81. The average molecular weight is 367 g/mol. The van der Waals surface area contributed by atoms with E-state index in [4.69, 9.17) is 0 Å². The average Bonchev–Trinajstić information content (AvgIpc) is 2.99. The van der Waals surface area contributed by atoms with Crippen LogP contribution in [-0.2, 0) is 24.9 Å². The zero-order valence-corrected chi connectivity index (χ0v) is 16.4. The Morgan fingerprint density at radius 3 is 2.48 bits per heavy atom. The van der Waals surface area contributed by atoms with E-state index in [0.717, 1.165) is 57.6 Å². The van der Waals surface area contributed by atoms with Crippen LogP contribution in [0.3, 0.4) is 0 Å². The molecule has 0 N–H and O–H groups in total. The van der Waals surface area contributed by atoms with Gasteiger partial charge in [0.1, 0.15) is 0 Å². The van der Waals surface area contributed by atoms with E-state index in [1.807, 2.05) is 23.9 Å². The van der Waals surface area contributed by atoms with E-state index in [0.29, 0.717) is 12.5 Å². The third-order valence-corrected chi connectivity index (χ3v) is 6.27. The summed E-state index contributed by atoms with van der Waals surface area (Å²) < 4.78 is 1.89. The fourth-order valence-electron chi connectivity index (χ4n) is 4.66. The molecule has 0 bridgehead atoms. The Hall–Kier alpha value is -2.21. The SMILES string of the molecule is Cc1nn(C)cc1CN1CCC2(CCCN(Cc3ccncc3)C2=O)CC1. The van der Waals surface area contributed by atoms with Gasteiger partial charge in [-0.3, -0.25) is 19.4 Å². The van der Waals surface area contributed by atoms with Crippen molar-refractivity contribution in [2.24, 2.45) is 12.5 Å². The highest BCUT2D eigenvalue weighted by Crippen LogP contribution is 2.41. The summed E-state index contributed by atoms with van der Waals surface area (Å²) in [5.74, 6) is 0.364. The second-order valence-corrected chi connectivity index (χ2v) is 8.16. The number of carbonyl (C=O) groups is 1. The van der Waals surface area contributed by atoms with E-state index in [1.54, 1.807) is 12.4 Å². The third-order valence-electron chi connectivity index (χ3n) is 6.27. The zero-order valence-electron chi connectivity index (χ0n) is 16.4. The summed E-state index contributed by atoms with van der Waals surface area (Å²) >= 11 is 0. The molecule has 144 valence electrons. The maximum absolute atomic E-state index is 13.3. The summed E-state index contributed by atoms with van der Waals surface area (Å²) in [6.45, 7) is 6.57. The Labute approximate surface area is 161 Å². The fourth-order valence-corrected chi connectivity index (χ4v) is 4.66. The highest BCUT2D eigenvalue weighted by atomic mass is 16.2. The second kappa shape index (κ2) is 7.43. The molecular weight excluding hydrogens is 338 g/mol. The van der Waals surface area contributed by atoms with Gasteiger partial charge in [-0.25, -0.2) is 0 Å². The van der Waals surface area contributed by atoms with Gasteiger partial charge >= 0.3 is 0 Å². The van der Waals surface area contributed by atoms with Gasteiger partial charge in [0.25, 0.3) is 0 Å². The van der Waals surface area contributed by atoms with Crippen LogP contribution in [-0.4, -0.2) is 50.1 Å². The monoisotopic (exact) mass is 367 g/mol. The summed E-state index contributed by atoms with van der Waals surface area (Å²) in [5.41, 5.74) is 3.42. The molecule has 0 unspecified atom stereocenters. The van der Waals surface area contributed by atoms with Crippen molar-refractivity contribution in [1.29, 1.82) is 0 Å². The van der Waals surface area contributed by atoms with Crippen LogP contribution in [0.2, 0.25) is 0 Å². The molecule has 0 radical (unpaired) electrons. The normalized spacial score (nSPS) is 20.4. The number of pyridine rings is 1. The number of carbonyl (C=O) groups excluding carboxylic acids is 1. The van der Waals surface area contributed by atoms with Gasteiger partial charge in [0.15, 0.2) is 0 Å². The molecule has 0 saturated carbocycles. The van der Waals surface area contributed by atoms with Crippen LogP contribution >= 0.6 is 0 Å². The molecule has 1 spiro atoms. The number of aryl methyl sites for hydroxylation is 2. The van der Waals surface area contributed by atoms with E-state index >= 15 is 0 Å². The summed E-state index contributed by atoms with van der Waals surface area (Å²) in [5, 5.41) is 4.45. The predicted octanol–water partition coefficient (Wildman–Crippen LogP) is 2.53. The molecule has 1 amide bonds. The van der Waals surface area contributed by atoms with Gasteiger partial charge in [-0.2, -0.15) is 5.10 Å². The van der Waals surface area contributed by atoms with E-state index in [2.05, 4.69) is 33.0 Å². The molecule has 0 aliphatic carbocycles. The van der Waals surface area contributed by atoms with Gasteiger partial charge < -0.3 is 4.90 Å². The molecule has 2 aliphatic heterocycles. The van der Waals surface area contributed by atoms with Crippen molar-refractivity contribution in [3.8, 4) is 0 Å². The molecule has 27 heavy (non-hydrogen) atoms. The molecule has 2 saturated heterocycles. The smallest absolute Gasteiger partial charge is 0.229 e. The van der Waals surface area contributed by atoms with Crippen molar-refractivity contribution in [1.82, 2.24) is 24.6 Å². The van der Waals surface area contributed by atoms with Gasteiger partial charge in [0.05, 0.1) is 11.1 Å². The lowest BCUT2D eigenvalue weighted by Gasteiger charge is -2.46. The molecule has 4 heterocycles. The number of piperidine rings is 2. The molecule has 2 aromatic heterocycles. The van der Waals surface area contributed by atoms with Crippen LogP contribution in [0.4, 0.5) is 0 Å². The van der Waals surface area contributed by atoms with Crippen LogP contribution in [0, 0.1) is 12.3 Å². The van der Waals surface area contributed by atoms with Crippen LogP contribution < -0.4 is 0 Å². The number of hydrogen-bond acceptors (Lipinski definition) is 4. The van der Waals surface area contributed by atoms with E-state index < -0.39 is 0 Å². The minimum Gasteiger partial charge on any atom is -0.338 e. The minimum atomic E-state index is -0.147. The van der Waals surface area contributed by atoms with Crippen molar-refractivity contribution >= 4 is 5.91 Å². The lowest BCUT2D eigenvalue weighted by atomic mass is 9.71. The van der Waals surface area contributed by atoms with Gasteiger partial charge in [0.2, 0.25) is 5.91 Å². The Balaban J connectivity index is 1.39. The van der Waals surface area contributed by atoms with Gasteiger partial charge in [-0.1, -0.05) is 0 Å². The first-order chi connectivity index (χ1) is 13.1. The molecule has 6 heteroatoms. The van der Waals surface area contributed by atoms with Gasteiger partial charge in [-0.15, -0.1) is 0 Å². The van der Waals surface area contributed by atoms with Gasteiger partial charge in [0, 0.05) is 50.8 Å². The molecule has 0 aromatic carbocycles. The fraction of sp³-hybridized carbons (Fsp3) is 0.571. The highest BCUT2D eigenvalue weighted by molar-refractivity contribution is 5.83. The van der Waals surface area contributed by atoms with Crippen LogP contribution in [0.25, 0.3) is 0 Å². The van der Waals surface area contributed by atoms with Crippen molar-refractivity contribution in [3.05, 3.63) is 47.5 Å². The molecule has 0 atom stereocenters. The third kappa shape index (κ3) is 3.76. The first-order valence-electron chi connectivity index (χ1n) is 9.95. The van der Waals surface area contributed by atoms with Crippen molar-refractivity contribution in [3.63, 3.8) is 0 Å². The molecule has 2 aromatic rings. The first kappa shape index (κ1) is 18.2. The van der Waals surface area contributed by atoms with E-state index in [9.17, 15) is 4.79 Å².